The van der Waals surface area contributed by atoms with Crippen molar-refractivity contribution < 1.29 is 9.18 Å². The summed E-state index contributed by atoms with van der Waals surface area (Å²) in [5, 5.41) is 0. The van der Waals surface area contributed by atoms with E-state index in [9.17, 15) is 14.0 Å². The summed E-state index contributed by atoms with van der Waals surface area (Å²) in [6, 6.07) is 5.69. The molecule has 0 radical (unpaired) electrons. The third kappa shape index (κ3) is 2.42. The van der Waals surface area contributed by atoms with E-state index in [0.717, 1.165) is 18.5 Å². The summed E-state index contributed by atoms with van der Waals surface area (Å²) in [5.74, 6) is 0.153. The van der Waals surface area contributed by atoms with Crippen molar-refractivity contribution in [3.05, 3.63) is 63.1 Å². The lowest BCUT2D eigenvalue weighted by molar-refractivity contribution is 0.0673. The van der Waals surface area contributed by atoms with Gasteiger partial charge in [-0.3, -0.25) is 9.59 Å². The van der Waals surface area contributed by atoms with E-state index in [4.69, 9.17) is 0 Å². The largest absolute Gasteiger partial charge is 0.332 e. The highest BCUT2D eigenvalue weighted by Gasteiger charge is 2.41. The molecule has 1 fully saturated rings. The van der Waals surface area contributed by atoms with Crippen LogP contribution in [0.3, 0.4) is 0 Å². The summed E-state index contributed by atoms with van der Waals surface area (Å²) in [5.41, 5.74) is 1.89. The molecule has 0 spiro atoms. The van der Waals surface area contributed by atoms with E-state index in [2.05, 4.69) is 9.97 Å². The molecule has 1 amide bonds. The standard InChI is InChI=1S/C18H18FN3O2/c1-10-20-16-9-14-7-6-13(8-15(16)17(23)21-10)22(14)18(24)11-2-4-12(19)5-3-11/h2-5,13-14H,6-9H2,1H3,(H,20,21,23)/t13-,14+/m0/s1. The monoisotopic (exact) mass is 327 g/mol. The number of hydrogen-bond acceptors (Lipinski definition) is 3. The van der Waals surface area contributed by atoms with Crippen LogP contribution < -0.4 is 5.56 Å². The Morgan fingerprint density at radius 2 is 1.88 bits per heavy atom. The fourth-order valence-electron chi connectivity index (χ4n) is 3.94. The summed E-state index contributed by atoms with van der Waals surface area (Å²) in [6.07, 6.45) is 2.92. The van der Waals surface area contributed by atoms with Crippen molar-refractivity contribution in [2.45, 2.75) is 44.7 Å². The van der Waals surface area contributed by atoms with Crippen molar-refractivity contribution in [1.82, 2.24) is 14.9 Å². The smallest absolute Gasteiger partial charge is 0.254 e. The molecule has 1 aromatic carbocycles. The van der Waals surface area contributed by atoms with Gasteiger partial charge in [0, 0.05) is 36.1 Å². The fraction of sp³-hybridized carbons (Fsp3) is 0.389. The minimum absolute atomic E-state index is 0.000547. The van der Waals surface area contributed by atoms with Crippen LogP contribution in [0.15, 0.2) is 29.1 Å². The Morgan fingerprint density at radius 3 is 2.58 bits per heavy atom. The second-order valence-electron chi connectivity index (χ2n) is 6.59. The molecule has 1 N–H and O–H groups in total. The fourth-order valence-corrected chi connectivity index (χ4v) is 3.94. The van der Waals surface area contributed by atoms with E-state index in [-0.39, 0.29) is 29.4 Å². The van der Waals surface area contributed by atoms with Gasteiger partial charge in [0.05, 0.1) is 5.69 Å². The van der Waals surface area contributed by atoms with Crippen LogP contribution in [0.4, 0.5) is 4.39 Å². The van der Waals surface area contributed by atoms with E-state index in [1.165, 1.54) is 24.3 Å². The third-order valence-electron chi connectivity index (χ3n) is 5.03. The summed E-state index contributed by atoms with van der Waals surface area (Å²) in [4.78, 5) is 34.3. The molecule has 24 heavy (non-hydrogen) atoms. The van der Waals surface area contributed by atoms with E-state index >= 15 is 0 Å². The lowest BCUT2D eigenvalue weighted by atomic mass is 9.98. The topological polar surface area (TPSA) is 66.1 Å². The minimum atomic E-state index is -0.357. The molecule has 3 heterocycles. The third-order valence-corrected chi connectivity index (χ3v) is 5.03. The van der Waals surface area contributed by atoms with E-state index in [0.29, 0.717) is 29.8 Å². The molecule has 2 atom stereocenters. The molecule has 2 aliphatic rings. The number of aryl methyl sites for hydroxylation is 1. The average Bonchev–Trinajstić information content (AvgIpc) is 2.83. The Kier molecular flexibility index (Phi) is 3.48. The first-order valence-corrected chi connectivity index (χ1v) is 8.20. The Bertz CT molecular complexity index is 860. The van der Waals surface area contributed by atoms with Crippen molar-refractivity contribution in [3.8, 4) is 0 Å². The predicted molar refractivity (Wildman–Crippen MR) is 86.4 cm³/mol. The van der Waals surface area contributed by atoms with Crippen molar-refractivity contribution in [3.63, 3.8) is 0 Å². The molecular formula is C18H18FN3O2. The van der Waals surface area contributed by atoms with Crippen LogP contribution in [-0.4, -0.2) is 32.9 Å². The quantitative estimate of drug-likeness (QED) is 0.871. The first kappa shape index (κ1) is 15.1. The molecule has 6 heteroatoms. The average molecular weight is 327 g/mol. The number of aromatic nitrogens is 2. The summed E-state index contributed by atoms with van der Waals surface area (Å²) < 4.78 is 13.1. The molecule has 0 unspecified atom stereocenters. The second-order valence-corrected chi connectivity index (χ2v) is 6.59. The molecule has 2 aliphatic heterocycles. The first-order chi connectivity index (χ1) is 11.5. The second kappa shape index (κ2) is 5.54. The van der Waals surface area contributed by atoms with Gasteiger partial charge in [-0.2, -0.15) is 0 Å². The molecule has 0 saturated carbocycles. The lowest BCUT2D eigenvalue weighted by Crippen LogP contribution is -2.41. The highest BCUT2D eigenvalue weighted by Crippen LogP contribution is 2.33. The maximum Gasteiger partial charge on any atom is 0.254 e. The van der Waals surface area contributed by atoms with E-state index < -0.39 is 0 Å². The summed E-state index contributed by atoms with van der Waals surface area (Å²) in [6.45, 7) is 1.77. The van der Waals surface area contributed by atoms with Crippen molar-refractivity contribution in [1.29, 1.82) is 0 Å². The van der Waals surface area contributed by atoms with Crippen LogP contribution in [0.2, 0.25) is 0 Å². The number of hydrogen-bond donors (Lipinski definition) is 1. The SMILES string of the molecule is Cc1nc2c(c(=O)[nH]1)C[C@@H]1CC[C@H](C2)N1C(=O)c1ccc(F)cc1. The van der Waals surface area contributed by atoms with Gasteiger partial charge in [-0.25, -0.2) is 9.37 Å². The minimum Gasteiger partial charge on any atom is -0.332 e. The number of nitrogens with one attached hydrogen (secondary N) is 1. The highest BCUT2D eigenvalue weighted by atomic mass is 19.1. The van der Waals surface area contributed by atoms with Crippen LogP contribution in [-0.2, 0) is 12.8 Å². The number of benzene rings is 1. The zero-order valence-corrected chi connectivity index (χ0v) is 13.4. The van der Waals surface area contributed by atoms with E-state index in [1.807, 2.05) is 4.90 Å². The van der Waals surface area contributed by atoms with Crippen LogP contribution in [0.25, 0.3) is 0 Å². The number of aromatic amines is 1. The van der Waals surface area contributed by atoms with Gasteiger partial charge in [0.15, 0.2) is 0 Å². The van der Waals surface area contributed by atoms with Gasteiger partial charge in [-0.1, -0.05) is 0 Å². The molecule has 124 valence electrons. The number of amides is 1. The summed E-state index contributed by atoms with van der Waals surface area (Å²) >= 11 is 0. The number of carbonyl (C=O) groups excluding carboxylic acids is 1. The molecule has 5 nitrogen and oxygen atoms in total. The number of rotatable bonds is 1. The van der Waals surface area contributed by atoms with Gasteiger partial charge in [-0.05, 0) is 44.0 Å². The number of H-pyrrole nitrogens is 1. The number of nitrogens with zero attached hydrogens (tertiary/aromatic N) is 2. The number of fused-ring (bicyclic) bond motifs is 3. The van der Waals surface area contributed by atoms with Gasteiger partial charge in [-0.15, -0.1) is 0 Å². The Labute approximate surface area is 138 Å². The molecular weight excluding hydrogens is 309 g/mol. The molecule has 2 bridgehead atoms. The Morgan fingerprint density at radius 1 is 1.21 bits per heavy atom. The van der Waals surface area contributed by atoms with Crippen LogP contribution in [0.5, 0.6) is 0 Å². The van der Waals surface area contributed by atoms with Gasteiger partial charge in [0.25, 0.3) is 11.5 Å². The number of carbonyl (C=O) groups is 1. The van der Waals surface area contributed by atoms with Crippen LogP contribution >= 0.6 is 0 Å². The lowest BCUT2D eigenvalue weighted by Gasteiger charge is -2.28. The first-order valence-electron chi connectivity index (χ1n) is 8.20. The molecule has 4 rings (SSSR count). The van der Waals surface area contributed by atoms with Gasteiger partial charge in [0.1, 0.15) is 11.6 Å². The highest BCUT2D eigenvalue weighted by molar-refractivity contribution is 5.95. The number of halogens is 1. The van der Waals surface area contributed by atoms with Crippen molar-refractivity contribution in [2.24, 2.45) is 0 Å². The van der Waals surface area contributed by atoms with Crippen molar-refractivity contribution >= 4 is 5.91 Å². The van der Waals surface area contributed by atoms with Crippen LogP contribution in [0, 0.1) is 12.7 Å². The normalized spacial score (nSPS) is 22.2. The Balaban J connectivity index is 1.70. The molecule has 1 saturated heterocycles. The maximum absolute atomic E-state index is 13.1. The van der Waals surface area contributed by atoms with Gasteiger partial charge < -0.3 is 9.88 Å². The Hall–Kier alpha value is -2.50. The zero-order valence-electron chi connectivity index (χ0n) is 13.4. The summed E-state index contributed by atoms with van der Waals surface area (Å²) in [7, 11) is 0. The van der Waals surface area contributed by atoms with Crippen molar-refractivity contribution in [2.75, 3.05) is 0 Å². The zero-order chi connectivity index (χ0) is 16.8. The van der Waals surface area contributed by atoms with Crippen LogP contribution in [0.1, 0.15) is 40.3 Å². The molecule has 1 aromatic heterocycles. The molecule has 0 aliphatic carbocycles. The predicted octanol–water partition coefficient (Wildman–Crippen LogP) is 1.99. The van der Waals surface area contributed by atoms with Gasteiger partial charge >= 0.3 is 0 Å². The maximum atomic E-state index is 13.1. The van der Waals surface area contributed by atoms with Gasteiger partial charge in [0.2, 0.25) is 0 Å². The molecule has 2 aromatic rings. The van der Waals surface area contributed by atoms with E-state index in [1.54, 1.807) is 6.92 Å².